The fourth-order valence-electron chi connectivity index (χ4n) is 10.0. The van der Waals surface area contributed by atoms with Crippen molar-refractivity contribution in [3.63, 3.8) is 0 Å². The van der Waals surface area contributed by atoms with Gasteiger partial charge in [0.15, 0.2) is 23.6 Å². The van der Waals surface area contributed by atoms with Crippen LogP contribution in [0.25, 0.3) is 0 Å². The van der Waals surface area contributed by atoms with Crippen LogP contribution >= 0.6 is 11.8 Å². The van der Waals surface area contributed by atoms with E-state index in [0.29, 0.717) is 5.75 Å². The smallest absolute Gasteiger partial charge is 0.338 e. The number of fused-ring (bicyclic) bond motifs is 5. The summed E-state index contributed by atoms with van der Waals surface area (Å²) in [7, 11) is 0. The summed E-state index contributed by atoms with van der Waals surface area (Å²) in [5.74, 6) is -6.52. The Bertz CT molecular complexity index is 2050. The van der Waals surface area contributed by atoms with E-state index in [1.54, 1.807) is 39.0 Å². The molecule has 0 radical (unpaired) electrons. The molecule has 2 heterocycles. The molecular weight excluding hydrogens is 815 g/mol. The third-order valence-electron chi connectivity index (χ3n) is 13.1. The number of aliphatic hydroxyl groups is 3. The highest BCUT2D eigenvalue weighted by atomic mass is 32.2. The summed E-state index contributed by atoms with van der Waals surface area (Å²) in [6.45, 7) is 11.5. The Hall–Kier alpha value is -4.55. The van der Waals surface area contributed by atoms with E-state index in [0.717, 1.165) is 18.7 Å². The number of hydrogen-bond donors (Lipinski definition) is 4. The van der Waals surface area contributed by atoms with Gasteiger partial charge in [-0.3, -0.25) is 19.2 Å². The highest BCUT2D eigenvalue weighted by molar-refractivity contribution is 8.13. The number of thioether (sulfide) groups is 1. The van der Waals surface area contributed by atoms with Gasteiger partial charge in [-0.15, -0.1) is 0 Å². The van der Waals surface area contributed by atoms with Crippen LogP contribution in [0.3, 0.4) is 0 Å². The van der Waals surface area contributed by atoms with Crippen molar-refractivity contribution >= 4 is 46.7 Å². The normalized spacial score (nSPS) is 32.4. The minimum atomic E-state index is -2.20. The molecule has 1 aromatic carbocycles. The molecule has 16 nitrogen and oxygen atoms in total. The monoisotopic (exact) mass is 869 g/mol. The molecule has 4 aliphatic rings. The summed E-state index contributed by atoms with van der Waals surface area (Å²) in [5, 5.41) is 39.4. The summed E-state index contributed by atoms with van der Waals surface area (Å²) in [4.78, 5) is 82.2. The Morgan fingerprint density at radius 3 is 2.26 bits per heavy atom. The number of benzene rings is 1. The largest absolute Gasteiger partial charge is 0.467 e. The summed E-state index contributed by atoms with van der Waals surface area (Å²) < 4.78 is 35.4. The van der Waals surface area contributed by atoms with Crippen LogP contribution in [-0.4, -0.2) is 111 Å². The van der Waals surface area contributed by atoms with E-state index in [9.17, 15) is 39.3 Å². The number of carbonyl (C=O) groups is 6. The number of Topliss-reactive ketones (excluding diaryl/α,β-unsaturated/α-hetero) is 1. The average molecular weight is 870 g/mol. The van der Waals surface area contributed by atoms with Gasteiger partial charge in [-0.05, 0) is 55.2 Å². The molecule has 61 heavy (non-hydrogen) atoms. The maximum absolute atomic E-state index is 15.5. The van der Waals surface area contributed by atoms with Crippen LogP contribution < -0.4 is 5.32 Å². The molecule has 3 fully saturated rings. The molecule has 17 heteroatoms. The molecule has 2 aromatic rings. The van der Waals surface area contributed by atoms with Gasteiger partial charge in [0.05, 0.1) is 42.2 Å². The number of ketones is 1. The van der Waals surface area contributed by atoms with Crippen molar-refractivity contribution < 1.29 is 72.2 Å². The fourth-order valence-corrected chi connectivity index (χ4v) is 10.7. The summed E-state index contributed by atoms with van der Waals surface area (Å²) in [5.41, 5.74) is -6.95. The number of carbonyl (C=O) groups excluding carboxylic acids is 6. The van der Waals surface area contributed by atoms with Crippen molar-refractivity contribution in [3.05, 3.63) is 71.2 Å². The van der Waals surface area contributed by atoms with E-state index in [-0.39, 0.29) is 41.4 Å². The lowest BCUT2D eigenvalue weighted by molar-refractivity contribution is -0.342. The minimum Gasteiger partial charge on any atom is -0.467 e. The zero-order valence-electron chi connectivity index (χ0n) is 35.5. The molecule has 11 atom stereocenters. The van der Waals surface area contributed by atoms with Gasteiger partial charge in [0, 0.05) is 49.7 Å². The second-order valence-corrected chi connectivity index (χ2v) is 18.6. The van der Waals surface area contributed by atoms with Gasteiger partial charge in [-0.25, -0.2) is 9.59 Å². The number of nitrogens with one attached hydrogen (secondary N) is 1. The van der Waals surface area contributed by atoms with Crippen LogP contribution in [0.4, 0.5) is 4.79 Å². The molecule has 2 bridgehead atoms. The van der Waals surface area contributed by atoms with E-state index in [4.69, 9.17) is 28.1 Å². The molecular formula is C44H55NO15S. The first-order valence-corrected chi connectivity index (χ1v) is 21.3. The standard InChI is InChI=1S/C44H55NO15S/c1-22(2)20-61-40(53)45-33(28-15-12-16-55-28)34(49)39(52)59-29-18-44(54)27(19-56-38(51)26-13-10-9-11-14-26)36-42(8,30(48)17-31-43(36,21-57-31)60-25(5)47)37(50)35(58-24(4)46)32(23(29)3)41(44,6)7/h9-16,22,27,29-31,33-36,48-49,54H,17-21H2,1-8H3,(H,45,53)/t27-,29-,30-,31+,33-,34+,35+,36-,42+,43-,44+/m0/s1. The molecule has 3 aliphatic carbocycles. The average Bonchev–Trinajstić information content (AvgIpc) is 3.73. The topological polar surface area (TPSA) is 234 Å². The first-order valence-electron chi connectivity index (χ1n) is 20.3. The SMILES string of the molecule is CC(=O)O[C@H]1C(=O)[C@@]2(C)[C@H]([C@H](COC(=O)c3ccccc3)[C@]3(O)C[C@H](OC(=O)[C@H](O)[C@@H](NC(=O)SCC(C)C)c4ccco4)C(C)=C1C3(C)C)[C@]1(OC(C)=O)CO[C@@H]1C[C@@H]2O. The van der Waals surface area contributed by atoms with Crippen molar-refractivity contribution in [3.8, 4) is 0 Å². The van der Waals surface area contributed by atoms with Crippen molar-refractivity contribution in [2.45, 2.75) is 116 Å². The number of ether oxygens (including phenoxy) is 5. The molecule has 2 saturated carbocycles. The quantitative estimate of drug-likeness (QED) is 0.133. The van der Waals surface area contributed by atoms with Gasteiger partial charge < -0.3 is 48.7 Å². The minimum absolute atomic E-state index is 0.0505. The lowest BCUT2D eigenvalue weighted by atomic mass is 9.42. The Kier molecular flexibility index (Phi) is 13.0. The first kappa shape index (κ1) is 46.0. The van der Waals surface area contributed by atoms with E-state index in [2.05, 4.69) is 5.32 Å². The van der Waals surface area contributed by atoms with E-state index < -0.39 is 118 Å². The van der Waals surface area contributed by atoms with E-state index in [1.807, 2.05) is 13.8 Å². The molecule has 1 amide bonds. The van der Waals surface area contributed by atoms with Crippen molar-refractivity contribution in [2.75, 3.05) is 19.0 Å². The van der Waals surface area contributed by atoms with E-state index in [1.165, 1.54) is 44.4 Å². The van der Waals surface area contributed by atoms with Gasteiger partial charge in [-0.1, -0.05) is 57.7 Å². The molecule has 1 aromatic heterocycles. The number of rotatable bonds is 12. The lowest BCUT2D eigenvalue weighted by Crippen LogP contribution is -2.80. The second kappa shape index (κ2) is 17.3. The number of aliphatic hydroxyl groups excluding tert-OH is 2. The van der Waals surface area contributed by atoms with Crippen LogP contribution in [-0.2, 0) is 42.9 Å². The number of amides is 1. The van der Waals surface area contributed by atoms with Crippen LogP contribution in [0.1, 0.15) is 90.4 Å². The Morgan fingerprint density at radius 2 is 1.69 bits per heavy atom. The van der Waals surface area contributed by atoms with Gasteiger partial charge >= 0.3 is 23.9 Å². The highest BCUT2D eigenvalue weighted by Crippen LogP contribution is 2.65. The predicted molar refractivity (Wildman–Crippen MR) is 216 cm³/mol. The van der Waals surface area contributed by atoms with Crippen LogP contribution in [0.2, 0.25) is 0 Å². The summed E-state index contributed by atoms with van der Waals surface area (Å²) in [6, 6.07) is 9.63. The van der Waals surface area contributed by atoms with Crippen molar-refractivity contribution in [2.24, 2.45) is 28.6 Å². The number of furan rings is 1. The van der Waals surface area contributed by atoms with Gasteiger partial charge in [-0.2, -0.15) is 0 Å². The maximum atomic E-state index is 15.5. The van der Waals surface area contributed by atoms with Gasteiger partial charge in [0.25, 0.3) is 5.24 Å². The highest BCUT2D eigenvalue weighted by Gasteiger charge is 2.77. The van der Waals surface area contributed by atoms with Gasteiger partial charge in [0.1, 0.15) is 24.0 Å². The maximum Gasteiger partial charge on any atom is 0.338 e. The fraction of sp³-hybridized carbons (Fsp3) is 0.591. The Morgan fingerprint density at radius 1 is 1.00 bits per heavy atom. The third kappa shape index (κ3) is 8.15. The number of esters is 4. The molecule has 1 aliphatic heterocycles. The first-order chi connectivity index (χ1) is 28.6. The lowest BCUT2D eigenvalue weighted by Gasteiger charge is -2.68. The zero-order chi connectivity index (χ0) is 44.8. The van der Waals surface area contributed by atoms with Crippen LogP contribution in [0.5, 0.6) is 0 Å². The molecule has 4 N–H and O–H groups in total. The van der Waals surface area contributed by atoms with Crippen LogP contribution in [0, 0.1) is 28.6 Å². The summed E-state index contributed by atoms with van der Waals surface area (Å²) >= 11 is 0.955. The second-order valence-electron chi connectivity index (χ2n) is 17.6. The Balaban J connectivity index is 1.50. The summed E-state index contributed by atoms with van der Waals surface area (Å²) in [6.07, 6.45) is -7.04. The molecule has 1 saturated heterocycles. The number of hydrogen-bond acceptors (Lipinski definition) is 16. The zero-order valence-corrected chi connectivity index (χ0v) is 36.3. The van der Waals surface area contributed by atoms with Crippen molar-refractivity contribution in [1.82, 2.24) is 5.32 Å². The van der Waals surface area contributed by atoms with E-state index >= 15 is 4.79 Å². The molecule has 0 unspecified atom stereocenters. The predicted octanol–water partition coefficient (Wildman–Crippen LogP) is 4.25. The molecule has 0 spiro atoms. The van der Waals surface area contributed by atoms with Crippen LogP contribution in [0.15, 0.2) is 64.3 Å². The molecule has 332 valence electrons. The molecule has 6 rings (SSSR count). The third-order valence-corrected chi connectivity index (χ3v) is 14.3. The Labute approximate surface area is 358 Å². The van der Waals surface area contributed by atoms with Crippen molar-refractivity contribution in [1.29, 1.82) is 0 Å². The van der Waals surface area contributed by atoms with Gasteiger partial charge in [0.2, 0.25) is 0 Å².